The lowest BCUT2D eigenvalue weighted by atomic mass is 10.2. The van der Waals surface area contributed by atoms with Crippen molar-refractivity contribution in [3.8, 4) is 11.5 Å². The number of nitrogens with zero attached hydrogens (tertiary/aromatic N) is 4. The summed E-state index contributed by atoms with van der Waals surface area (Å²) >= 11 is 3.53. The van der Waals surface area contributed by atoms with Gasteiger partial charge in [0.05, 0.1) is 11.6 Å². The molecule has 0 fully saturated rings. The van der Waals surface area contributed by atoms with Crippen molar-refractivity contribution in [3.63, 3.8) is 0 Å². The summed E-state index contributed by atoms with van der Waals surface area (Å²) in [5, 5.41) is 15.0. The molecule has 0 bridgehead atoms. The van der Waals surface area contributed by atoms with E-state index in [0.717, 1.165) is 29.4 Å². The predicted octanol–water partition coefficient (Wildman–Crippen LogP) is 4.57. The number of hydrogen-bond acceptors (Lipinski definition) is 6. The smallest absolute Gasteiger partial charge is 0.243 e. The van der Waals surface area contributed by atoms with Crippen LogP contribution in [0.2, 0.25) is 0 Å². The summed E-state index contributed by atoms with van der Waals surface area (Å²) < 4.78 is 27.6. The van der Waals surface area contributed by atoms with Crippen molar-refractivity contribution in [3.05, 3.63) is 57.8 Å². The van der Waals surface area contributed by atoms with Crippen LogP contribution in [0, 0.1) is 5.82 Å². The molecule has 0 aliphatic carbocycles. The van der Waals surface area contributed by atoms with Gasteiger partial charge in [0.25, 0.3) is 0 Å². The summed E-state index contributed by atoms with van der Waals surface area (Å²) in [4.78, 5) is 0. The molecule has 0 aliphatic heterocycles. The fourth-order valence-corrected chi connectivity index (χ4v) is 3.36. The summed E-state index contributed by atoms with van der Waals surface area (Å²) in [6.07, 6.45) is 2.07. The Hall–Kier alpha value is -2.68. The summed E-state index contributed by atoms with van der Waals surface area (Å²) in [6, 6.07) is 10.3. The molecule has 1 heterocycles. The van der Waals surface area contributed by atoms with Gasteiger partial charge in [-0.25, -0.2) is 9.07 Å². The lowest BCUT2D eigenvalue weighted by molar-refractivity contribution is 0.277. The number of hydrogen-bond donors (Lipinski definition) is 1. The first-order valence-corrected chi connectivity index (χ1v) is 10.1. The number of unbranched alkanes of at least 4 members (excludes halogenated alkanes) is 1. The van der Waals surface area contributed by atoms with E-state index in [1.165, 1.54) is 6.07 Å². The highest BCUT2D eigenvalue weighted by Gasteiger charge is 2.14. The second kappa shape index (κ2) is 10.2. The van der Waals surface area contributed by atoms with E-state index < -0.39 is 0 Å². The lowest BCUT2D eigenvalue weighted by Gasteiger charge is -2.15. The van der Waals surface area contributed by atoms with Crippen molar-refractivity contribution in [2.45, 2.75) is 39.5 Å². The number of methoxy groups -OCH3 is 1. The van der Waals surface area contributed by atoms with E-state index in [4.69, 9.17) is 9.47 Å². The van der Waals surface area contributed by atoms with Crippen LogP contribution < -0.4 is 14.8 Å². The van der Waals surface area contributed by atoms with Crippen LogP contribution in [-0.2, 0) is 19.7 Å². The maximum Gasteiger partial charge on any atom is 0.243 e. The number of halogens is 2. The molecular weight excluding hydrogens is 441 g/mol. The minimum absolute atomic E-state index is 0.103. The zero-order chi connectivity index (χ0) is 20.6. The Kier molecular flexibility index (Phi) is 7.40. The molecule has 0 amide bonds. The van der Waals surface area contributed by atoms with Gasteiger partial charge >= 0.3 is 0 Å². The Morgan fingerprint density at radius 2 is 2.07 bits per heavy atom. The first kappa shape index (κ1) is 21.0. The fourth-order valence-electron chi connectivity index (χ4n) is 2.75. The highest BCUT2D eigenvalue weighted by molar-refractivity contribution is 9.10. The van der Waals surface area contributed by atoms with Gasteiger partial charge < -0.3 is 14.8 Å². The number of tetrazole rings is 1. The maximum absolute atomic E-state index is 13.8. The first-order valence-electron chi connectivity index (χ1n) is 9.35. The van der Waals surface area contributed by atoms with E-state index in [0.29, 0.717) is 29.6 Å². The molecule has 1 aromatic heterocycles. The van der Waals surface area contributed by atoms with Crippen LogP contribution in [-0.4, -0.2) is 27.3 Å². The molecule has 9 heteroatoms. The molecule has 0 atom stereocenters. The van der Waals surface area contributed by atoms with Crippen LogP contribution in [0.3, 0.4) is 0 Å². The van der Waals surface area contributed by atoms with Gasteiger partial charge in [-0.2, -0.15) is 0 Å². The van der Waals surface area contributed by atoms with E-state index in [2.05, 4.69) is 43.7 Å². The average Bonchev–Trinajstić information content (AvgIpc) is 3.18. The SMILES string of the molecule is CCCCn1nnnc1NCc1cc(Br)c(OCc2ccccc2F)c(OC)c1. The number of rotatable bonds is 10. The third-order valence-electron chi connectivity index (χ3n) is 4.33. The van der Waals surface area contributed by atoms with Crippen LogP contribution in [0.25, 0.3) is 0 Å². The van der Waals surface area contributed by atoms with Gasteiger partial charge in [0.15, 0.2) is 11.5 Å². The van der Waals surface area contributed by atoms with Crippen LogP contribution in [0.15, 0.2) is 40.9 Å². The zero-order valence-corrected chi connectivity index (χ0v) is 17.9. The summed E-state index contributed by atoms with van der Waals surface area (Å²) in [6.45, 7) is 3.50. The van der Waals surface area contributed by atoms with Gasteiger partial charge in [-0.1, -0.05) is 36.6 Å². The highest BCUT2D eigenvalue weighted by Crippen LogP contribution is 2.37. The Morgan fingerprint density at radius 3 is 2.83 bits per heavy atom. The fraction of sp³-hybridized carbons (Fsp3) is 0.350. The molecule has 3 rings (SSSR count). The van der Waals surface area contributed by atoms with Crippen LogP contribution in [0.5, 0.6) is 11.5 Å². The van der Waals surface area contributed by atoms with Crippen molar-refractivity contribution in [1.82, 2.24) is 20.2 Å². The molecule has 1 N–H and O–H groups in total. The number of benzene rings is 2. The van der Waals surface area contributed by atoms with E-state index >= 15 is 0 Å². The van der Waals surface area contributed by atoms with Crippen molar-refractivity contribution in [1.29, 1.82) is 0 Å². The number of nitrogens with one attached hydrogen (secondary N) is 1. The second-order valence-corrected chi connectivity index (χ2v) is 7.28. The van der Waals surface area contributed by atoms with E-state index in [-0.39, 0.29) is 12.4 Å². The van der Waals surface area contributed by atoms with Crippen molar-refractivity contribution in [2.75, 3.05) is 12.4 Å². The number of ether oxygens (including phenoxy) is 2. The van der Waals surface area contributed by atoms with Crippen molar-refractivity contribution >= 4 is 21.9 Å². The molecule has 0 radical (unpaired) electrons. The van der Waals surface area contributed by atoms with E-state index in [9.17, 15) is 4.39 Å². The van der Waals surface area contributed by atoms with Gasteiger partial charge in [-0.05, 0) is 56.5 Å². The van der Waals surface area contributed by atoms with Gasteiger partial charge in [-0.3, -0.25) is 0 Å². The molecular formula is C20H23BrFN5O2. The molecule has 0 saturated carbocycles. The summed E-state index contributed by atoms with van der Waals surface area (Å²) in [5.41, 5.74) is 1.43. The molecule has 0 saturated heterocycles. The minimum atomic E-state index is -0.302. The molecule has 7 nitrogen and oxygen atoms in total. The number of aromatic nitrogens is 4. The quantitative estimate of drug-likeness (QED) is 0.474. The summed E-state index contributed by atoms with van der Waals surface area (Å²) in [5.74, 6) is 1.39. The predicted molar refractivity (Wildman–Crippen MR) is 111 cm³/mol. The molecule has 0 aliphatic rings. The monoisotopic (exact) mass is 463 g/mol. The molecule has 2 aromatic carbocycles. The van der Waals surface area contributed by atoms with Gasteiger partial charge in [0.2, 0.25) is 5.95 Å². The minimum Gasteiger partial charge on any atom is -0.493 e. The molecule has 0 spiro atoms. The van der Waals surface area contributed by atoms with Crippen molar-refractivity contribution < 1.29 is 13.9 Å². The topological polar surface area (TPSA) is 74.1 Å². The largest absolute Gasteiger partial charge is 0.493 e. The second-order valence-electron chi connectivity index (χ2n) is 6.42. The normalized spacial score (nSPS) is 10.8. The Bertz CT molecular complexity index is 950. The van der Waals surface area contributed by atoms with Crippen LogP contribution >= 0.6 is 15.9 Å². The van der Waals surface area contributed by atoms with Gasteiger partial charge in [0, 0.05) is 18.7 Å². The maximum atomic E-state index is 13.8. The Morgan fingerprint density at radius 1 is 1.24 bits per heavy atom. The number of aryl methyl sites for hydroxylation is 1. The Labute approximate surface area is 177 Å². The molecule has 154 valence electrons. The molecule has 3 aromatic rings. The van der Waals surface area contributed by atoms with Gasteiger partial charge in [0.1, 0.15) is 12.4 Å². The standard InChI is InChI=1S/C20H23BrFN5O2/c1-3-4-9-27-20(24-25-26-27)23-12-14-10-16(21)19(18(11-14)28-2)29-13-15-7-5-6-8-17(15)22/h5-8,10-11H,3-4,9,12-13H2,1-2H3,(H,23,24,26). The van der Waals surface area contributed by atoms with Crippen LogP contribution in [0.1, 0.15) is 30.9 Å². The average molecular weight is 464 g/mol. The van der Waals surface area contributed by atoms with Gasteiger partial charge in [-0.15, -0.1) is 0 Å². The summed E-state index contributed by atoms with van der Waals surface area (Å²) in [7, 11) is 1.57. The Balaban J connectivity index is 1.70. The van der Waals surface area contributed by atoms with Crippen molar-refractivity contribution in [2.24, 2.45) is 0 Å². The molecule has 0 unspecified atom stereocenters. The third-order valence-corrected chi connectivity index (χ3v) is 4.91. The molecule has 29 heavy (non-hydrogen) atoms. The zero-order valence-electron chi connectivity index (χ0n) is 16.4. The first-order chi connectivity index (χ1) is 14.1. The van der Waals surface area contributed by atoms with E-state index in [1.54, 1.807) is 30.0 Å². The number of anilines is 1. The third kappa shape index (κ3) is 5.44. The lowest BCUT2D eigenvalue weighted by Crippen LogP contribution is -2.09. The highest BCUT2D eigenvalue weighted by atomic mass is 79.9. The van der Waals surface area contributed by atoms with E-state index in [1.807, 2.05) is 12.1 Å². The van der Waals surface area contributed by atoms with Crippen LogP contribution in [0.4, 0.5) is 10.3 Å².